The summed E-state index contributed by atoms with van der Waals surface area (Å²) < 4.78 is 0. The van der Waals surface area contributed by atoms with Crippen molar-refractivity contribution in [1.29, 1.82) is 0 Å². The third kappa shape index (κ3) is 3.31. The number of amides is 3. The van der Waals surface area contributed by atoms with Crippen LogP contribution in [0.4, 0.5) is 10.5 Å². The van der Waals surface area contributed by atoms with Crippen molar-refractivity contribution >= 4 is 23.6 Å². The largest absolute Gasteiger partial charge is 0.478 e. The summed E-state index contributed by atoms with van der Waals surface area (Å²) in [5.74, 6) is -1.87. The number of carbonyl (C=O) groups excluding carboxylic acids is 2. The first-order valence-electron chi connectivity index (χ1n) is 6.57. The van der Waals surface area contributed by atoms with Crippen LogP contribution in [0.5, 0.6) is 0 Å². The van der Waals surface area contributed by atoms with Crippen LogP contribution in [0.2, 0.25) is 0 Å². The molecule has 7 heteroatoms. The van der Waals surface area contributed by atoms with Gasteiger partial charge in [0.15, 0.2) is 0 Å². The smallest absolute Gasteiger partial charge is 0.337 e. The van der Waals surface area contributed by atoms with E-state index in [1.165, 1.54) is 11.0 Å². The van der Waals surface area contributed by atoms with Gasteiger partial charge in [0.05, 0.1) is 17.2 Å². The van der Waals surface area contributed by atoms with Crippen molar-refractivity contribution in [2.75, 3.05) is 18.4 Å². The Morgan fingerprint density at radius 2 is 2.10 bits per heavy atom. The van der Waals surface area contributed by atoms with Gasteiger partial charge in [-0.05, 0) is 25.5 Å². The second-order valence-electron chi connectivity index (χ2n) is 5.12. The third-order valence-electron chi connectivity index (χ3n) is 3.52. The van der Waals surface area contributed by atoms with Gasteiger partial charge >= 0.3 is 12.0 Å². The summed E-state index contributed by atoms with van der Waals surface area (Å²) in [6.07, 6.45) is 0.530. The maximum Gasteiger partial charge on any atom is 0.337 e. The van der Waals surface area contributed by atoms with Gasteiger partial charge in [-0.1, -0.05) is 11.6 Å². The molecule has 0 bridgehead atoms. The average Bonchev–Trinajstić information content (AvgIpc) is 2.90. The molecule has 2 rings (SSSR count). The lowest BCUT2D eigenvalue weighted by atomic mass is 10.1. The van der Waals surface area contributed by atoms with Crippen LogP contribution < -0.4 is 11.1 Å². The third-order valence-corrected chi connectivity index (χ3v) is 3.52. The van der Waals surface area contributed by atoms with Crippen LogP contribution in [0.3, 0.4) is 0 Å². The van der Waals surface area contributed by atoms with E-state index < -0.39 is 17.9 Å². The van der Waals surface area contributed by atoms with E-state index in [2.05, 4.69) is 5.32 Å². The van der Waals surface area contributed by atoms with Crippen molar-refractivity contribution in [1.82, 2.24) is 4.90 Å². The van der Waals surface area contributed by atoms with E-state index in [-0.39, 0.29) is 23.7 Å². The monoisotopic (exact) mass is 291 g/mol. The molecule has 0 saturated carbocycles. The van der Waals surface area contributed by atoms with Gasteiger partial charge in [0.25, 0.3) is 0 Å². The van der Waals surface area contributed by atoms with Gasteiger partial charge in [0.1, 0.15) is 0 Å². The number of hydrogen-bond donors (Lipinski definition) is 3. The summed E-state index contributed by atoms with van der Waals surface area (Å²) in [6.45, 7) is 2.46. The second-order valence-corrected chi connectivity index (χ2v) is 5.12. The van der Waals surface area contributed by atoms with E-state index in [0.717, 1.165) is 5.56 Å². The predicted molar refractivity (Wildman–Crippen MR) is 76.0 cm³/mol. The number of primary amides is 1. The van der Waals surface area contributed by atoms with E-state index in [4.69, 9.17) is 10.8 Å². The molecule has 3 amide bonds. The number of rotatable bonds is 3. The number of nitrogens with two attached hydrogens (primary N) is 1. The van der Waals surface area contributed by atoms with Crippen molar-refractivity contribution in [3.8, 4) is 0 Å². The molecule has 1 aromatic carbocycles. The minimum Gasteiger partial charge on any atom is -0.478 e. The highest BCUT2D eigenvalue weighted by Crippen LogP contribution is 2.20. The average molecular weight is 291 g/mol. The molecule has 1 atom stereocenters. The number of carboxylic acid groups (broad SMARTS) is 1. The maximum absolute atomic E-state index is 12.1. The summed E-state index contributed by atoms with van der Waals surface area (Å²) in [5.41, 5.74) is 6.28. The summed E-state index contributed by atoms with van der Waals surface area (Å²) in [5, 5.41) is 11.7. The van der Waals surface area contributed by atoms with Crippen molar-refractivity contribution in [2.24, 2.45) is 11.7 Å². The molecule has 1 unspecified atom stereocenters. The highest BCUT2D eigenvalue weighted by molar-refractivity contribution is 6.00. The fraction of sp³-hybridized carbons (Fsp3) is 0.357. The molecule has 0 spiro atoms. The van der Waals surface area contributed by atoms with Crippen molar-refractivity contribution in [2.45, 2.75) is 13.3 Å². The number of carbonyl (C=O) groups is 3. The van der Waals surface area contributed by atoms with Gasteiger partial charge < -0.3 is 21.1 Å². The molecule has 1 aliphatic rings. The second kappa shape index (κ2) is 5.82. The van der Waals surface area contributed by atoms with Gasteiger partial charge in [-0.15, -0.1) is 0 Å². The fourth-order valence-electron chi connectivity index (χ4n) is 2.32. The van der Waals surface area contributed by atoms with E-state index in [1.54, 1.807) is 19.1 Å². The molecule has 1 saturated heterocycles. The highest BCUT2D eigenvalue weighted by atomic mass is 16.4. The zero-order valence-electron chi connectivity index (χ0n) is 11.6. The number of aryl methyl sites for hydroxylation is 1. The first-order valence-corrected chi connectivity index (χ1v) is 6.57. The van der Waals surface area contributed by atoms with E-state index in [9.17, 15) is 14.4 Å². The number of nitrogens with one attached hydrogen (secondary N) is 1. The zero-order valence-corrected chi connectivity index (χ0v) is 11.6. The minimum atomic E-state index is -1.11. The molecular formula is C14H17N3O4. The van der Waals surface area contributed by atoms with Gasteiger partial charge in [-0.3, -0.25) is 4.79 Å². The number of nitrogens with zero attached hydrogens (tertiary/aromatic N) is 1. The van der Waals surface area contributed by atoms with Gasteiger partial charge in [0.2, 0.25) is 5.91 Å². The van der Waals surface area contributed by atoms with Crippen LogP contribution in [0, 0.1) is 12.8 Å². The Morgan fingerprint density at radius 3 is 2.67 bits per heavy atom. The first kappa shape index (κ1) is 14.8. The minimum absolute atomic E-state index is 0.0361. The number of benzene rings is 1. The zero-order chi connectivity index (χ0) is 15.6. The van der Waals surface area contributed by atoms with Crippen LogP contribution in [0.15, 0.2) is 18.2 Å². The van der Waals surface area contributed by atoms with Crippen LogP contribution in [0.1, 0.15) is 22.3 Å². The van der Waals surface area contributed by atoms with Gasteiger partial charge in [0, 0.05) is 13.1 Å². The quantitative estimate of drug-likeness (QED) is 0.772. The molecule has 0 aliphatic carbocycles. The van der Waals surface area contributed by atoms with Crippen LogP contribution in [-0.4, -0.2) is 41.0 Å². The number of hydrogen-bond acceptors (Lipinski definition) is 3. The molecule has 21 heavy (non-hydrogen) atoms. The Morgan fingerprint density at radius 1 is 1.38 bits per heavy atom. The van der Waals surface area contributed by atoms with Crippen molar-refractivity contribution in [3.63, 3.8) is 0 Å². The highest BCUT2D eigenvalue weighted by Gasteiger charge is 2.30. The Hall–Kier alpha value is -2.57. The predicted octanol–water partition coefficient (Wildman–Crippen LogP) is 1.03. The summed E-state index contributed by atoms with van der Waals surface area (Å²) in [6, 6.07) is 4.34. The van der Waals surface area contributed by atoms with Crippen molar-refractivity contribution in [3.05, 3.63) is 29.3 Å². The Bertz CT molecular complexity index is 600. The Kier molecular flexibility index (Phi) is 4.11. The van der Waals surface area contributed by atoms with E-state index in [0.29, 0.717) is 13.0 Å². The number of anilines is 1. The number of carboxylic acids is 1. The molecule has 0 aromatic heterocycles. The summed E-state index contributed by atoms with van der Waals surface area (Å²) in [7, 11) is 0. The van der Waals surface area contributed by atoms with Crippen LogP contribution in [0.25, 0.3) is 0 Å². The van der Waals surface area contributed by atoms with Crippen LogP contribution >= 0.6 is 0 Å². The lowest BCUT2D eigenvalue weighted by Gasteiger charge is -2.18. The molecule has 4 N–H and O–H groups in total. The topological polar surface area (TPSA) is 113 Å². The molecule has 1 fully saturated rings. The molecule has 7 nitrogen and oxygen atoms in total. The molecule has 1 heterocycles. The van der Waals surface area contributed by atoms with Crippen LogP contribution in [-0.2, 0) is 4.79 Å². The lowest BCUT2D eigenvalue weighted by Crippen LogP contribution is -2.35. The van der Waals surface area contributed by atoms with Gasteiger partial charge in [-0.25, -0.2) is 9.59 Å². The molecule has 1 aliphatic heterocycles. The van der Waals surface area contributed by atoms with Gasteiger partial charge in [-0.2, -0.15) is 0 Å². The maximum atomic E-state index is 12.1. The fourth-order valence-corrected chi connectivity index (χ4v) is 2.32. The summed E-state index contributed by atoms with van der Waals surface area (Å²) in [4.78, 5) is 35.9. The SMILES string of the molecule is Cc1ccc(NC(=O)N2CCC(C(N)=O)C2)c(C(=O)O)c1. The van der Waals surface area contributed by atoms with Crippen molar-refractivity contribution < 1.29 is 19.5 Å². The molecular weight excluding hydrogens is 274 g/mol. The standard InChI is InChI=1S/C14H17N3O4/c1-8-2-3-11(10(6-8)13(19)20)16-14(21)17-5-4-9(7-17)12(15)18/h2-3,6,9H,4-5,7H2,1H3,(H2,15,18)(H,16,21)(H,19,20). The number of aromatic carboxylic acids is 1. The Balaban J connectivity index is 2.10. The summed E-state index contributed by atoms with van der Waals surface area (Å²) >= 11 is 0. The normalized spacial score (nSPS) is 17.6. The number of urea groups is 1. The molecule has 112 valence electrons. The Labute approximate surface area is 121 Å². The molecule has 0 radical (unpaired) electrons. The van der Waals surface area contributed by atoms with E-state index in [1.807, 2.05) is 0 Å². The van der Waals surface area contributed by atoms with E-state index >= 15 is 0 Å². The molecule has 1 aromatic rings. The lowest BCUT2D eigenvalue weighted by molar-refractivity contribution is -0.121. The number of likely N-dealkylation sites (tertiary alicyclic amines) is 1. The first-order chi connectivity index (χ1) is 9.88.